The average molecular weight is 214 g/mol. The molecule has 13 heavy (non-hydrogen) atoms. The highest BCUT2D eigenvalue weighted by Gasteiger charge is 2.17. The SMILES string of the molecule is Oc1ccc(Cl)c2c1CCC(=S)N2. The van der Waals surface area contributed by atoms with Crippen LogP contribution in [-0.2, 0) is 6.42 Å². The molecule has 1 heterocycles. The molecule has 1 aromatic rings. The molecule has 1 aliphatic rings. The van der Waals surface area contributed by atoms with E-state index < -0.39 is 0 Å². The predicted molar refractivity (Wildman–Crippen MR) is 57.7 cm³/mol. The van der Waals surface area contributed by atoms with Crippen LogP contribution in [-0.4, -0.2) is 10.1 Å². The normalized spacial score (nSPS) is 15.0. The van der Waals surface area contributed by atoms with Crippen LogP contribution >= 0.6 is 23.8 Å². The van der Waals surface area contributed by atoms with E-state index >= 15 is 0 Å². The number of anilines is 1. The van der Waals surface area contributed by atoms with Crippen molar-refractivity contribution >= 4 is 34.5 Å². The van der Waals surface area contributed by atoms with Gasteiger partial charge in [0.25, 0.3) is 0 Å². The van der Waals surface area contributed by atoms with Crippen molar-refractivity contribution < 1.29 is 5.11 Å². The third kappa shape index (κ3) is 1.49. The quantitative estimate of drug-likeness (QED) is 0.650. The third-order valence-electron chi connectivity index (χ3n) is 2.10. The maximum Gasteiger partial charge on any atom is 0.120 e. The Labute approximate surface area is 86.5 Å². The molecule has 2 nitrogen and oxygen atoms in total. The molecule has 2 rings (SSSR count). The Morgan fingerprint density at radius 1 is 1.38 bits per heavy atom. The molecular formula is C9H8ClNOS. The summed E-state index contributed by atoms with van der Waals surface area (Å²) in [5.74, 6) is 0.286. The zero-order valence-corrected chi connectivity index (χ0v) is 8.37. The number of halogens is 1. The Hall–Kier alpha value is -0.800. The number of phenolic OH excluding ortho intramolecular Hbond substituents is 1. The number of aromatic hydroxyl groups is 1. The van der Waals surface area contributed by atoms with Gasteiger partial charge in [-0.25, -0.2) is 0 Å². The van der Waals surface area contributed by atoms with Gasteiger partial charge in [-0.05, 0) is 18.6 Å². The number of hydrogen-bond donors (Lipinski definition) is 2. The minimum absolute atomic E-state index is 0.286. The van der Waals surface area contributed by atoms with Gasteiger partial charge in [0, 0.05) is 12.0 Å². The van der Waals surface area contributed by atoms with Crippen molar-refractivity contribution in [3.05, 3.63) is 22.7 Å². The van der Waals surface area contributed by atoms with Crippen LogP contribution < -0.4 is 5.32 Å². The molecule has 2 N–H and O–H groups in total. The van der Waals surface area contributed by atoms with Crippen molar-refractivity contribution in [3.63, 3.8) is 0 Å². The fraction of sp³-hybridized carbons (Fsp3) is 0.222. The van der Waals surface area contributed by atoms with Gasteiger partial charge in [-0.2, -0.15) is 0 Å². The van der Waals surface area contributed by atoms with E-state index in [1.54, 1.807) is 12.1 Å². The second-order valence-electron chi connectivity index (χ2n) is 2.97. The molecule has 0 bridgehead atoms. The molecule has 0 radical (unpaired) electrons. The molecule has 0 atom stereocenters. The van der Waals surface area contributed by atoms with Crippen LogP contribution in [0.25, 0.3) is 0 Å². The molecule has 0 aromatic heterocycles. The second-order valence-corrected chi connectivity index (χ2v) is 3.87. The van der Waals surface area contributed by atoms with Gasteiger partial charge in [0.1, 0.15) is 5.75 Å². The number of thiocarbonyl (C=S) groups is 1. The Kier molecular flexibility index (Phi) is 2.14. The summed E-state index contributed by atoms with van der Waals surface area (Å²) in [5, 5.41) is 13.1. The maximum absolute atomic E-state index is 9.53. The van der Waals surface area contributed by atoms with Crippen molar-refractivity contribution in [2.24, 2.45) is 0 Å². The number of benzene rings is 1. The fourth-order valence-electron chi connectivity index (χ4n) is 1.44. The highest BCUT2D eigenvalue weighted by Crippen LogP contribution is 2.36. The molecular weight excluding hydrogens is 206 g/mol. The molecule has 0 saturated heterocycles. The van der Waals surface area contributed by atoms with E-state index in [1.807, 2.05) is 0 Å². The zero-order valence-electron chi connectivity index (χ0n) is 6.80. The summed E-state index contributed by atoms with van der Waals surface area (Å²) in [4.78, 5) is 0.778. The summed E-state index contributed by atoms with van der Waals surface area (Å²) in [7, 11) is 0. The van der Waals surface area contributed by atoms with Gasteiger partial charge in [0.15, 0.2) is 0 Å². The lowest BCUT2D eigenvalue weighted by atomic mass is 10.0. The van der Waals surface area contributed by atoms with Crippen molar-refractivity contribution in [2.75, 3.05) is 5.32 Å². The fourth-order valence-corrected chi connectivity index (χ4v) is 1.87. The Morgan fingerprint density at radius 2 is 2.15 bits per heavy atom. The standard InChI is InChI=1S/C9H8ClNOS/c10-6-2-3-7(12)5-1-4-8(13)11-9(5)6/h2-3,12H,1,4H2,(H,11,13). The van der Waals surface area contributed by atoms with E-state index in [-0.39, 0.29) is 5.75 Å². The van der Waals surface area contributed by atoms with Gasteiger partial charge in [0.2, 0.25) is 0 Å². The first-order valence-electron chi connectivity index (χ1n) is 3.98. The van der Waals surface area contributed by atoms with Crippen molar-refractivity contribution in [1.82, 2.24) is 0 Å². The van der Waals surface area contributed by atoms with E-state index in [1.165, 1.54) is 0 Å². The van der Waals surface area contributed by atoms with Gasteiger partial charge < -0.3 is 10.4 Å². The molecule has 68 valence electrons. The van der Waals surface area contributed by atoms with E-state index in [0.717, 1.165) is 29.1 Å². The smallest absolute Gasteiger partial charge is 0.120 e. The topological polar surface area (TPSA) is 32.3 Å². The molecule has 0 aliphatic carbocycles. The number of rotatable bonds is 0. The summed E-state index contributed by atoms with van der Waals surface area (Å²) in [6, 6.07) is 3.27. The van der Waals surface area contributed by atoms with Gasteiger partial charge in [0.05, 0.1) is 15.7 Å². The lowest BCUT2D eigenvalue weighted by molar-refractivity contribution is 0.468. The number of hydrogen-bond acceptors (Lipinski definition) is 2. The highest BCUT2D eigenvalue weighted by molar-refractivity contribution is 7.80. The van der Waals surface area contributed by atoms with E-state index in [9.17, 15) is 5.11 Å². The minimum atomic E-state index is 0.286. The van der Waals surface area contributed by atoms with Gasteiger partial charge in [-0.1, -0.05) is 23.8 Å². The van der Waals surface area contributed by atoms with Crippen LogP contribution in [0, 0.1) is 0 Å². The molecule has 1 aliphatic heterocycles. The van der Waals surface area contributed by atoms with Crippen molar-refractivity contribution in [1.29, 1.82) is 0 Å². The van der Waals surface area contributed by atoms with E-state index in [0.29, 0.717) is 5.02 Å². The molecule has 0 amide bonds. The summed E-state index contributed by atoms with van der Waals surface area (Å²) in [5.41, 5.74) is 1.62. The summed E-state index contributed by atoms with van der Waals surface area (Å²) in [6.45, 7) is 0. The molecule has 0 fully saturated rings. The lowest BCUT2D eigenvalue weighted by Crippen LogP contribution is -2.17. The van der Waals surface area contributed by atoms with Crippen LogP contribution in [0.1, 0.15) is 12.0 Å². The van der Waals surface area contributed by atoms with Crippen LogP contribution in [0.4, 0.5) is 5.69 Å². The lowest BCUT2D eigenvalue weighted by Gasteiger charge is -2.20. The highest BCUT2D eigenvalue weighted by atomic mass is 35.5. The molecule has 1 aromatic carbocycles. The first-order valence-corrected chi connectivity index (χ1v) is 4.77. The van der Waals surface area contributed by atoms with Crippen LogP contribution in [0.3, 0.4) is 0 Å². The summed E-state index contributed by atoms with van der Waals surface area (Å²) >= 11 is 11.0. The minimum Gasteiger partial charge on any atom is -0.508 e. The van der Waals surface area contributed by atoms with Crippen LogP contribution in [0.5, 0.6) is 5.75 Å². The molecule has 4 heteroatoms. The van der Waals surface area contributed by atoms with Gasteiger partial charge >= 0.3 is 0 Å². The summed E-state index contributed by atoms with van der Waals surface area (Å²) < 4.78 is 0. The Morgan fingerprint density at radius 3 is 2.92 bits per heavy atom. The van der Waals surface area contributed by atoms with Crippen molar-refractivity contribution in [2.45, 2.75) is 12.8 Å². The Balaban J connectivity index is 2.57. The van der Waals surface area contributed by atoms with Crippen molar-refractivity contribution in [3.8, 4) is 5.75 Å². The number of nitrogens with one attached hydrogen (secondary N) is 1. The molecule has 0 spiro atoms. The second kappa shape index (κ2) is 3.16. The van der Waals surface area contributed by atoms with E-state index in [2.05, 4.69) is 5.32 Å². The molecule has 0 saturated carbocycles. The number of fused-ring (bicyclic) bond motifs is 1. The van der Waals surface area contributed by atoms with E-state index in [4.69, 9.17) is 23.8 Å². The monoisotopic (exact) mass is 213 g/mol. The van der Waals surface area contributed by atoms with Gasteiger partial charge in [-0.3, -0.25) is 0 Å². The van der Waals surface area contributed by atoms with Crippen LogP contribution in [0.2, 0.25) is 5.02 Å². The maximum atomic E-state index is 9.53. The van der Waals surface area contributed by atoms with Crippen LogP contribution in [0.15, 0.2) is 12.1 Å². The Bertz CT molecular complexity index is 378. The van der Waals surface area contributed by atoms with Gasteiger partial charge in [-0.15, -0.1) is 0 Å². The molecule has 0 unspecified atom stereocenters. The first-order chi connectivity index (χ1) is 6.18. The first kappa shape index (κ1) is 8.78. The predicted octanol–water partition coefficient (Wildman–Crippen LogP) is 2.73. The largest absolute Gasteiger partial charge is 0.508 e. The summed E-state index contributed by atoms with van der Waals surface area (Å²) in [6.07, 6.45) is 1.53. The average Bonchev–Trinajstić information content (AvgIpc) is 2.12. The third-order valence-corrected chi connectivity index (χ3v) is 2.72. The zero-order chi connectivity index (χ0) is 9.42. The number of phenols is 1.